The molecule has 0 atom stereocenters. The van der Waals surface area contributed by atoms with Crippen LogP contribution in [0.2, 0.25) is 0 Å². The Balaban J connectivity index is 2.54. The van der Waals surface area contributed by atoms with Gasteiger partial charge in [-0.15, -0.1) is 0 Å². The average molecular weight is 191 g/mol. The van der Waals surface area contributed by atoms with Gasteiger partial charge in [0.05, 0.1) is 5.56 Å². The molecule has 0 unspecified atom stereocenters. The maximum atomic E-state index is 11.7. The summed E-state index contributed by atoms with van der Waals surface area (Å²) in [6.45, 7) is 0. The Kier molecular flexibility index (Phi) is 1.82. The van der Waals surface area contributed by atoms with Crippen molar-refractivity contribution in [2.24, 2.45) is 0 Å². The van der Waals surface area contributed by atoms with Gasteiger partial charge in [0.25, 0.3) is 11.8 Å². The van der Waals surface area contributed by atoms with Gasteiger partial charge in [-0.2, -0.15) is 0 Å². The summed E-state index contributed by atoms with van der Waals surface area (Å²) in [5.41, 5.74) is 0.595. The van der Waals surface area contributed by atoms with Crippen LogP contribution in [0.25, 0.3) is 0 Å². The van der Waals surface area contributed by atoms with E-state index >= 15 is 0 Å². The van der Waals surface area contributed by atoms with Crippen molar-refractivity contribution in [2.45, 2.75) is 0 Å². The SMILES string of the molecule is CN(C)N1C(=O)c2cccnc2C1=O. The van der Waals surface area contributed by atoms with E-state index in [1.54, 1.807) is 26.2 Å². The smallest absolute Gasteiger partial charge is 0.267 e. The molecule has 1 aromatic heterocycles. The maximum Gasteiger partial charge on any atom is 0.294 e. The molecule has 72 valence electrons. The van der Waals surface area contributed by atoms with Crippen LogP contribution in [-0.4, -0.2) is 40.9 Å². The van der Waals surface area contributed by atoms with Gasteiger partial charge in [0, 0.05) is 20.3 Å². The Morgan fingerprint density at radius 3 is 2.57 bits per heavy atom. The van der Waals surface area contributed by atoms with Crippen LogP contribution in [0.15, 0.2) is 18.3 Å². The fraction of sp³-hybridized carbons (Fsp3) is 0.222. The lowest BCUT2D eigenvalue weighted by Gasteiger charge is -2.20. The van der Waals surface area contributed by atoms with Gasteiger partial charge in [-0.1, -0.05) is 0 Å². The summed E-state index contributed by atoms with van der Waals surface area (Å²) in [5, 5.41) is 2.52. The monoisotopic (exact) mass is 191 g/mol. The molecule has 2 rings (SSSR count). The molecule has 0 aromatic carbocycles. The third-order valence-corrected chi connectivity index (χ3v) is 2.03. The second kappa shape index (κ2) is 2.88. The quantitative estimate of drug-likeness (QED) is 0.593. The van der Waals surface area contributed by atoms with Crippen molar-refractivity contribution < 1.29 is 9.59 Å². The molecule has 0 spiro atoms. The molecule has 0 radical (unpaired) electrons. The third-order valence-electron chi connectivity index (χ3n) is 2.03. The van der Waals surface area contributed by atoms with Gasteiger partial charge in [-0.25, -0.2) is 10.0 Å². The zero-order chi connectivity index (χ0) is 10.3. The topological polar surface area (TPSA) is 53.5 Å². The van der Waals surface area contributed by atoms with E-state index in [1.807, 2.05) is 0 Å². The van der Waals surface area contributed by atoms with Crippen LogP contribution in [0, 0.1) is 0 Å². The summed E-state index contributed by atoms with van der Waals surface area (Å²) in [6, 6.07) is 3.25. The van der Waals surface area contributed by atoms with Crippen molar-refractivity contribution in [2.75, 3.05) is 14.1 Å². The standard InChI is InChI=1S/C9H9N3O2/c1-11(2)12-8(13)6-4-3-5-10-7(6)9(12)14/h3-5H,1-2H3. The molecule has 0 fully saturated rings. The number of imide groups is 1. The third kappa shape index (κ3) is 1.03. The molecule has 0 N–H and O–H groups in total. The zero-order valence-electron chi connectivity index (χ0n) is 7.89. The van der Waals surface area contributed by atoms with E-state index in [-0.39, 0.29) is 17.5 Å². The molecule has 1 aliphatic heterocycles. The van der Waals surface area contributed by atoms with Gasteiger partial charge in [0.2, 0.25) is 0 Å². The number of fused-ring (bicyclic) bond motifs is 1. The van der Waals surface area contributed by atoms with Crippen molar-refractivity contribution in [1.29, 1.82) is 0 Å². The summed E-state index contributed by atoms with van der Waals surface area (Å²) in [5.74, 6) is -0.682. The predicted octanol–water partition coefficient (Wildman–Crippen LogP) is 0.154. The number of pyridine rings is 1. The molecule has 1 aliphatic rings. The van der Waals surface area contributed by atoms with Crippen LogP contribution in [-0.2, 0) is 0 Å². The lowest BCUT2D eigenvalue weighted by molar-refractivity contribution is 0.0232. The Labute approximate surface area is 80.9 Å². The van der Waals surface area contributed by atoms with Crippen molar-refractivity contribution in [3.63, 3.8) is 0 Å². The molecular formula is C9H9N3O2. The minimum atomic E-state index is -0.365. The van der Waals surface area contributed by atoms with Gasteiger partial charge in [-0.3, -0.25) is 14.6 Å². The van der Waals surface area contributed by atoms with Gasteiger partial charge < -0.3 is 0 Å². The number of hydrogen-bond acceptors (Lipinski definition) is 4. The predicted molar refractivity (Wildman–Crippen MR) is 48.4 cm³/mol. The van der Waals surface area contributed by atoms with Crippen molar-refractivity contribution >= 4 is 11.8 Å². The summed E-state index contributed by atoms with van der Waals surface area (Å²) < 4.78 is 0. The molecule has 14 heavy (non-hydrogen) atoms. The maximum absolute atomic E-state index is 11.7. The van der Waals surface area contributed by atoms with Gasteiger partial charge in [0.15, 0.2) is 0 Å². The van der Waals surface area contributed by atoms with E-state index in [0.29, 0.717) is 5.56 Å². The van der Waals surface area contributed by atoms with Gasteiger partial charge in [-0.05, 0) is 12.1 Å². The summed E-state index contributed by atoms with van der Waals surface area (Å²) in [4.78, 5) is 27.2. The van der Waals surface area contributed by atoms with Crippen molar-refractivity contribution in [3.05, 3.63) is 29.6 Å². The molecule has 0 saturated heterocycles. The Morgan fingerprint density at radius 1 is 1.29 bits per heavy atom. The van der Waals surface area contributed by atoms with Gasteiger partial charge in [0.1, 0.15) is 5.69 Å². The number of amides is 2. The number of aromatic nitrogens is 1. The number of hydrogen-bond donors (Lipinski definition) is 0. The molecule has 2 amide bonds. The second-order valence-electron chi connectivity index (χ2n) is 3.17. The highest BCUT2D eigenvalue weighted by atomic mass is 16.2. The highest BCUT2D eigenvalue weighted by Gasteiger charge is 2.38. The van der Waals surface area contributed by atoms with E-state index in [0.717, 1.165) is 5.01 Å². The Bertz CT molecular complexity index is 379. The summed E-state index contributed by atoms with van der Waals surface area (Å²) >= 11 is 0. The minimum Gasteiger partial charge on any atom is -0.267 e. The highest BCUT2D eigenvalue weighted by Crippen LogP contribution is 2.20. The number of carbonyl (C=O) groups excluding carboxylic acids is 2. The fourth-order valence-corrected chi connectivity index (χ4v) is 1.42. The largest absolute Gasteiger partial charge is 0.294 e. The average Bonchev–Trinajstić information content (AvgIpc) is 2.41. The molecule has 1 aromatic rings. The number of hydrazine groups is 1. The first kappa shape index (κ1) is 8.83. The Hall–Kier alpha value is -1.75. The Morgan fingerprint density at radius 2 is 2.00 bits per heavy atom. The van der Waals surface area contributed by atoms with E-state index < -0.39 is 0 Å². The van der Waals surface area contributed by atoms with Crippen molar-refractivity contribution in [1.82, 2.24) is 15.0 Å². The van der Waals surface area contributed by atoms with Crippen LogP contribution in [0.5, 0.6) is 0 Å². The molecule has 0 saturated carbocycles. The van der Waals surface area contributed by atoms with E-state index in [9.17, 15) is 9.59 Å². The molecule has 0 bridgehead atoms. The van der Waals surface area contributed by atoms with E-state index in [2.05, 4.69) is 4.98 Å². The normalized spacial score (nSPS) is 15.2. The minimum absolute atomic E-state index is 0.228. The molecule has 5 nitrogen and oxygen atoms in total. The van der Waals surface area contributed by atoms with Crippen LogP contribution in [0.1, 0.15) is 20.8 Å². The van der Waals surface area contributed by atoms with Crippen LogP contribution in [0.4, 0.5) is 0 Å². The molecule has 5 heteroatoms. The molecule has 0 aliphatic carbocycles. The lowest BCUT2D eigenvalue weighted by atomic mass is 10.2. The highest BCUT2D eigenvalue weighted by molar-refractivity contribution is 6.19. The number of nitrogens with zero attached hydrogens (tertiary/aromatic N) is 3. The molecule has 2 heterocycles. The first-order valence-electron chi connectivity index (χ1n) is 4.14. The first-order valence-corrected chi connectivity index (χ1v) is 4.14. The summed E-state index contributed by atoms with van der Waals surface area (Å²) in [6.07, 6.45) is 1.50. The number of rotatable bonds is 1. The summed E-state index contributed by atoms with van der Waals surface area (Å²) in [7, 11) is 3.28. The first-order chi connectivity index (χ1) is 6.63. The van der Waals surface area contributed by atoms with E-state index in [1.165, 1.54) is 11.2 Å². The van der Waals surface area contributed by atoms with Crippen LogP contribution >= 0.6 is 0 Å². The lowest BCUT2D eigenvalue weighted by Crippen LogP contribution is -2.41. The fourth-order valence-electron chi connectivity index (χ4n) is 1.42. The van der Waals surface area contributed by atoms with Crippen LogP contribution in [0.3, 0.4) is 0 Å². The van der Waals surface area contributed by atoms with Crippen molar-refractivity contribution in [3.8, 4) is 0 Å². The second-order valence-corrected chi connectivity index (χ2v) is 3.17. The van der Waals surface area contributed by atoms with E-state index in [4.69, 9.17) is 0 Å². The van der Waals surface area contributed by atoms with Gasteiger partial charge >= 0.3 is 0 Å². The number of carbonyl (C=O) groups is 2. The molecular weight excluding hydrogens is 182 g/mol. The van der Waals surface area contributed by atoms with Crippen LogP contribution < -0.4 is 0 Å². The zero-order valence-corrected chi connectivity index (χ0v) is 7.89.